The van der Waals surface area contributed by atoms with E-state index in [0.29, 0.717) is 24.5 Å². The maximum Gasteiger partial charge on any atom is 0.276 e. The van der Waals surface area contributed by atoms with Crippen LogP contribution < -0.4 is 0 Å². The van der Waals surface area contributed by atoms with E-state index in [-0.39, 0.29) is 11.9 Å². The SMILES string of the molecule is Cc1cc(C(=O)N2CC(n3ccnn3)C2)no1. The minimum absolute atomic E-state index is 0.0989. The van der Waals surface area contributed by atoms with E-state index < -0.39 is 0 Å². The maximum absolute atomic E-state index is 11.9. The van der Waals surface area contributed by atoms with E-state index in [1.807, 2.05) is 0 Å². The van der Waals surface area contributed by atoms with E-state index in [0.717, 1.165) is 0 Å². The molecule has 0 atom stereocenters. The van der Waals surface area contributed by atoms with E-state index in [2.05, 4.69) is 15.5 Å². The lowest BCUT2D eigenvalue weighted by Crippen LogP contribution is -2.51. The van der Waals surface area contributed by atoms with Crippen molar-refractivity contribution in [1.82, 2.24) is 25.1 Å². The van der Waals surface area contributed by atoms with Gasteiger partial charge in [-0.15, -0.1) is 5.10 Å². The van der Waals surface area contributed by atoms with E-state index in [9.17, 15) is 4.79 Å². The van der Waals surface area contributed by atoms with Crippen LogP contribution in [0.25, 0.3) is 0 Å². The van der Waals surface area contributed by atoms with Gasteiger partial charge in [0.05, 0.1) is 12.2 Å². The van der Waals surface area contributed by atoms with Crippen LogP contribution in [0.1, 0.15) is 22.3 Å². The molecule has 7 heteroatoms. The molecule has 3 heterocycles. The summed E-state index contributed by atoms with van der Waals surface area (Å²) in [7, 11) is 0. The predicted molar refractivity (Wildman–Crippen MR) is 56.2 cm³/mol. The molecule has 0 N–H and O–H groups in total. The Hall–Kier alpha value is -2.18. The van der Waals surface area contributed by atoms with E-state index in [1.165, 1.54) is 0 Å². The van der Waals surface area contributed by atoms with Crippen LogP contribution in [-0.2, 0) is 0 Å². The van der Waals surface area contributed by atoms with Gasteiger partial charge in [0.15, 0.2) is 5.69 Å². The number of rotatable bonds is 2. The summed E-state index contributed by atoms with van der Waals surface area (Å²) >= 11 is 0. The summed E-state index contributed by atoms with van der Waals surface area (Å²) < 4.78 is 6.64. The number of carbonyl (C=O) groups is 1. The standard InChI is InChI=1S/C10H11N5O2/c1-7-4-9(12-17-7)10(16)14-5-8(6-14)15-3-2-11-13-15/h2-4,8H,5-6H2,1H3. The lowest BCUT2D eigenvalue weighted by Gasteiger charge is -2.38. The molecule has 7 nitrogen and oxygen atoms in total. The first-order chi connectivity index (χ1) is 8.24. The van der Waals surface area contributed by atoms with Crippen LogP contribution in [0.2, 0.25) is 0 Å². The van der Waals surface area contributed by atoms with Crippen LogP contribution in [0.15, 0.2) is 23.0 Å². The molecule has 17 heavy (non-hydrogen) atoms. The molecule has 0 bridgehead atoms. The molecular formula is C10H11N5O2. The Labute approximate surface area is 97.0 Å². The molecule has 2 aromatic rings. The van der Waals surface area contributed by atoms with E-state index >= 15 is 0 Å². The summed E-state index contributed by atoms with van der Waals surface area (Å²) in [6.45, 7) is 3.03. The van der Waals surface area contributed by atoms with Crippen LogP contribution in [-0.4, -0.2) is 44.0 Å². The minimum Gasteiger partial charge on any atom is -0.361 e. The topological polar surface area (TPSA) is 77.1 Å². The Morgan fingerprint density at radius 3 is 2.94 bits per heavy atom. The Morgan fingerprint density at radius 1 is 1.53 bits per heavy atom. The number of carbonyl (C=O) groups excluding carboxylic acids is 1. The third-order valence-corrected chi connectivity index (χ3v) is 2.81. The molecule has 88 valence electrons. The van der Waals surface area contributed by atoms with Crippen molar-refractivity contribution in [3.05, 3.63) is 29.9 Å². The highest BCUT2D eigenvalue weighted by molar-refractivity contribution is 5.92. The largest absolute Gasteiger partial charge is 0.361 e. The fraction of sp³-hybridized carbons (Fsp3) is 0.400. The number of aromatic nitrogens is 4. The number of aryl methyl sites for hydroxylation is 1. The van der Waals surface area contributed by atoms with Crippen molar-refractivity contribution in [2.24, 2.45) is 0 Å². The lowest BCUT2D eigenvalue weighted by atomic mass is 10.1. The molecule has 1 saturated heterocycles. The van der Waals surface area contributed by atoms with Gasteiger partial charge in [0, 0.05) is 25.4 Å². The predicted octanol–water partition coefficient (Wildman–Crippen LogP) is 0.272. The summed E-state index contributed by atoms with van der Waals surface area (Å²) in [4.78, 5) is 13.6. The van der Waals surface area contributed by atoms with Gasteiger partial charge in [-0.05, 0) is 6.92 Å². The highest BCUT2D eigenvalue weighted by Gasteiger charge is 2.34. The molecule has 0 spiro atoms. The summed E-state index contributed by atoms with van der Waals surface area (Å²) in [6.07, 6.45) is 3.43. The molecule has 0 radical (unpaired) electrons. The van der Waals surface area contributed by atoms with Crippen LogP contribution in [0.4, 0.5) is 0 Å². The van der Waals surface area contributed by atoms with Gasteiger partial charge in [0.2, 0.25) is 0 Å². The average Bonchev–Trinajstić information content (AvgIpc) is 2.86. The second kappa shape index (κ2) is 3.69. The van der Waals surface area contributed by atoms with Gasteiger partial charge in [-0.1, -0.05) is 10.4 Å². The first-order valence-electron chi connectivity index (χ1n) is 5.32. The number of hydrogen-bond acceptors (Lipinski definition) is 5. The number of likely N-dealkylation sites (tertiary alicyclic amines) is 1. The molecular weight excluding hydrogens is 222 g/mol. The van der Waals surface area contributed by atoms with Crippen molar-refractivity contribution in [1.29, 1.82) is 0 Å². The zero-order valence-electron chi connectivity index (χ0n) is 9.28. The lowest BCUT2D eigenvalue weighted by molar-refractivity contribution is 0.0488. The smallest absolute Gasteiger partial charge is 0.276 e. The van der Waals surface area contributed by atoms with Crippen molar-refractivity contribution >= 4 is 5.91 Å². The molecule has 2 aromatic heterocycles. The van der Waals surface area contributed by atoms with E-state index in [4.69, 9.17) is 4.52 Å². The van der Waals surface area contributed by atoms with Crippen molar-refractivity contribution in [3.63, 3.8) is 0 Å². The van der Waals surface area contributed by atoms with Gasteiger partial charge < -0.3 is 9.42 Å². The van der Waals surface area contributed by atoms with Crippen LogP contribution in [0.5, 0.6) is 0 Å². The molecule has 3 rings (SSSR count). The highest BCUT2D eigenvalue weighted by Crippen LogP contribution is 2.21. The van der Waals surface area contributed by atoms with Crippen molar-refractivity contribution < 1.29 is 9.32 Å². The third-order valence-electron chi connectivity index (χ3n) is 2.81. The first-order valence-corrected chi connectivity index (χ1v) is 5.32. The first kappa shape index (κ1) is 10.0. The van der Waals surface area contributed by atoms with Crippen molar-refractivity contribution in [2.45, 2.75) is 13.0 Å². The van der Waals surface area contributed by atoms with Gasteiger partial charge in [0.25, 0.3) is 5.91 Å². The van der Waals surface area contributed by atoms with Crippen LogP contribution in [0.3, 0.4) is 0 Å². The zero-order valence-corrected chi connectivity index (χ0v) is 9.28. The second-order valence-corrected chi connectivity index (χ2v) is 4.07. The average molecular weight is 233 g/mol. The van der Waals surface area contributed by atoms with Gasteiger partial charge in [-0.25, -0.2) is 4.68 Å². The molecule has 1 fully saturated rings. The van der Waals surface area contributed by atoms with Gasteiger partial charge in [-0.2, -0.15) is 0 Å². The molecule has 0 unspecified atom stereocenters. The molecule has 0 aliphatic carbocycles. The maximum atomic E-state index is 11.9. The molecule has 0 aromatic carbocycles. The summed E-state index contributed by atoms with van der Waals surface area (Å²) in [6, 6.07) is 1.86. The Kier molecular flexibility index (Phi) is 2.17. The number of amides is 1. The van der Waals surface area contributed by atoms with Crippen molar-refractivity contribution in [3.8, 4) is 0 Å². The Balaban J connectivity index is 1.64. The quantitative estimate of drug-likeness (QED) is 0.744. The summed E-state index contributed by atoms with van der Waals surface area (Å²) in [5, 5.41) is 11.3. The Morgan fingerprint density at radius 2 is 2.35 bits per heavy atom. The third kappa shape index (κ3) is 1.69. The number of hydrogen-bond donors (Lipinski definition) is 0. The number of nitrogens with zero attached hydrogens (tertiary/aromatic N) is 5. The van der Waals surface area contributed by atoms with E-state index in [1.54, 1.807) is 35.0 Å². The zero-order chi connectivity index (χ0) is 11.8. The fourth-order valence-corrected chi connectivity index (χ4v) is 1.83. The van der Waals surface area contributed by atoms with Gasteiger partial charge in [0.1, 0.15) is 5.76 Å². The fourth-order valence-electron chi connectivity index (χ4n) is 1.83. The summed E-state index contributed by atoms with van der Waals surface area (Å²) in [5.41, 5.74) is 0.361. The molecule has 1 amide bonds. The minimum atomic E-state index is -0.0989. The molecule has 1 aliphatic rings. The van der Waals surface area contributed by atoms with Gasteiger partial charge in [-0.3, -0.25) is 4.79 Å². The molecule has 0 saturated carbocycles. The Bertz CT molecular complexity index is 527. The second-order valence-electron chi connectivity index (χ2n) is 4.07. The van der Waals surface area contributed by atoms with Crippen LogP contribution in [0, 0.1) is 6.92 Å². The van der Waals surface area contributed by atoms with Crippen LogP contribution >= 0.6 is 0 Å². The van der Waals surface area contributed by atoms with Gasteiger partial charge >= 0.3 is 0 Å². The monoisotopic (exact) mass is 233 g/mol. The summed E-state index contributed by atoms with van der Waals surface area (Å²) in [5.74, 6) is 0.542. The highest BCUT2D eigenvalue weighted by atomic mass is 16.5. The van der Waals surface area contributed by atoms with Crippen molar-refractivity contribution in [2.75, 3.05) is 13.1 Å². The molecule has 1 aliphatic heterocycles. The normalized spacial score (nSPS) is 15.9.